The molecule has 1 nitrogen and oxygen atoms in total. The fraction of sp³-hybridized carbons (Fsp3) is 0.600. The van der Waals surface area contributed by atoms with Gasteiger partial charge in [-0.05, 0) is 42.2 Å². The first-order chi connectivity index (χ1) is 8.31. The highest BCUT2D eigenvalue weighted by molar-refractivity contribution is 7.99. The molecule has 0 heterocycles. The molecule has 0 amide bonds. The van der Waals surface area contributed by atoms with Gasteiger partial charge in [0.25, 0.3) is 0 Å². The normalized spacial score (nSPS) is 19.2. The van der Waals surface area contributed by atoms with Crippen molar-refractivity contribution in [3.05, 3.63) is 29.8 Å². The quantitative estimate of drug-likeness (QED) is 0.801. The van der Waals surface area contributed by atoms with Crippen molar-refractivity contribution in [1.82, 2.24) is 0 Å². The van der Waals surface area contributed by atoms with Crippen LogP contribution < -0.4 is 5.73 Å². The molecule has 17 heavy (non-hydrogen) atoms. The Labute approximate surface area is 109 Å². The van der Waals surface area contributed by atoms with Crippen molar-refractivity contribution in [1.29, 1.82) is 0 Å². The van der Waals surface area contributed by atoms with Crippen LogP contribution in [0.3, 0.4) is 0 Å². The first-order valence-corrected chi connectivity index (χ1v) is 7.78. The number of rotatable bonds is 4. The minimum absolute atomic E-state index is 0.246. The van der Waals surface area contributed by atoms with Gasteiger partial charge in [-0.15, -0.1) is 11.8 Å². The van der Waals surface area contributed by atoms with Crippen LogP contribution in [0.1, 0.15) is 50.6 Å². The minimum atomic E-state index is 0.246. The molecule has 94 valence electrons. The van der Waals surface area contributed by atoms with E-state index in [-0.39, 0.29) is 6.04 Å². The SMILES string of the molecule is CCSc1ccc(C(N)C2CCCCC2)cc1. The molecule has 1 aliphatic rings. The largest absolute Gasteiger partial charge is 0.324 e. The van der Waals surface area contributed by atoms with Crippen LogP contribution in [0.25, 0.3) is 0 Å². The van der Waals surface area contributed by atoms with Gasteiger partial charge < -0.3 is 5.73 Å². The Morgan fingerprint density at radius 1 is 1.18 bits per heavy atom. The van der Waals surface area contributed by atoms with Crippen LogP contribution in [0, 0.1) is 5.92 Å². The van der Waals surface area contributed by atoms with Crippen LogP contribution >= 0.6 is 11.8 Å². The maximum atomic E-state index is 6.39. The lowest BCUT2D eigenvalue weighted by Gasteiger charge is -2.27. The minimum Gasteiger partial charge on any atom is -0.324 e. The maximum absolute atomic E-state index is 6.39. The molecule has 1 aromatic rings. The van der Waals surface area contributed by atoms with E-state index < -0.39 is 0 Å². The van der Waals surface area contributed by atoms with Crippen molar-refractivity contribution in [2.45, 2.75) is 50.0 Å². The first kappa shape index (κ1) is 13.0. The number of hydrogen-bond acceptors (Lipinski definition) is 2. The Hall–Kier alpha value is -0.470. The topological polar surface area (TPSA) is 26.0 Å². The molecule has 2 rings (SSSR count). The molecule has 0 saturated heterocycles. The van der Waals surface area contributed by atoms with Crippen molar-refractivity contribution in [2.24, 2.45) is 11.7 Å². The second-order valence-corrected chi connectivity index (χ2v) is 6.26. The van der Waals surface area contributed by atoms with Gasteiger partial charge in [0.1, 0.15) is 0 Å². The van der Waals surface area contributed by atoms with E-state index in [1.54, 1.807) is 0 Å². The Morgan fingerprint density at radius 2 is 1.82 bits per heavy atom. The number of benzene rings is 1. The zero-order valence-electron chi connectivity index (χ0n) is 10.7. The zero-order valence-corrected chi connectivity index (χ0v) is 11.5. The molecule has 0 spiro atoms. The highest BCUT2D eigenvalue weighted by Gasteiger charge is 2.21. The van der Waals surface area contributed by atoms with Crippen molar-refractivity contribution in [3.63, 3.8) is 0 Å². The van der Waals surface area contributed by atoms with Crippen molar-refractivity contribution < 1.29 is 0 Å². The van der Waals surface area contributed by atoms with Gasteiger partial charge in [-0.2, -0.15) is 0 Å². The highest BCUT2D eigenvalue weighted by atomic mass is 32.2. The molecule has 2 N–H and O–H groups in total. The van der Waals surface area contributed by atoms with Crippen LogP contribution in [-0.2, 0) is 0 Å². The molecular formula is C15H23NS. The molecule has 1 atom stereocenters. The van der Waals surface area contributed by atoms with Gasteiger partial charge in [0.2, 0.25) is 0 Å². The Bertz CT molecular complexity index is 327. The lowest BCUT2D eigenvalue weighted by Crippen LogP contribution is -2.23. The third kappa shape index (κ3) is 3.49. The molecule has 1 aromatic carbocycles. The number of hydrogen-bond donors (Lipinski definition) is 1. The molecule has 0 aromatic heterocycles. The van der Waals surface area contributed by atoms with E-state index in [0.717, 1.165) is 5.75 Å². The van der Waals surface area contributed by atoms with Gasteiger partial charge >= 0.3 is 0 Å². The van der Waals surface area contributed by atoms with Crippen molar-refractivity contribution >= 4 is 11.8 Å². The lowest BCUT2D eigenvalue weighted by molar-refractivity contribution is 0.308. The second kappa shape index (κ2) is 6.46. The smallest absolute Gasteiger partial charge is 0.0323 e. The summed E-state index contributed by atoms with van der Waals surface area (Å²) >= 11 is 1.89. The van der Waals surface area contributed by atoms with Crippen LogP contribution in [-0.4, -0.2) is 5.75 Å². The fourth-order valence-electron chi connectivity index (χ4n) is 2.72. The molecule has 0 bridgehead atoms. The predicted octanol–water partition coefficient (Wildman–Crippen LogP) is 4.38. The average Bonchev–Trinajstić information content (AvgIpc) is 2.40. The highest BCUT2D eigenvalue weighted by Crippen LogP contribution is 2.33. The van der Waals surface area contributed by atoms with Crippen molar-refractivity contribution in [3.8, 4) is 0 Å². The first-order valence-electron chi connectivity index (χ1n) is 6.79. The van der Waals surface area contributed by atoms with E-state index in [9.17, 15) is 0 Å². The molecule has 1 unspecified atom stereocenters. The molecular weight excluding hydrogens is 226 g/mol. The Balaban J connectivity index is 2.00. The third-order valence-corrected chi connectivity index (χ3v) is 4.63. The van der Waals surface area contributed by atoms with Crippen LogP contribution in [0.4, 0.5) is 0 Å². The summed E-state index contributed by atoms with van der Waals surface area (Å²) in [6, 6.07) is 9.11. The van der Waals surface area contributed by atoms with E-state index in [2.05, 4.69) is 31.2 Å². The summed E-state index contributed by atoms with van der Waals surface area (Å²) < 4.78 is 0. The van der Waals surface area contributed by atoms with Crippen LogP contribution in [0.5, 0.6) is 0 Å². The van der Waals surface area contributed by atoms with Gasteiger partial charge in [-0.3, -0.25) is 0 Å². The van der Waals surface area contributed by atoms with Crippen molar-refractivity contribution in [2.75, 3.05) is 5.75 Å². The summed E-state index contributed by atoms with van der Waals surface area (Å²) in [6.07, 6.45) is 6.75. The number of nitrogens with two attached hydrogens (primary N) is 1. The number of thioether (sulfide) groups is 1. The van der Waals surface area contributed by atoms with Gasteiger partial charge in [-0.25, -0.2) is 0 Å². The molecule has 0 radical (unpaired) electrons. The van der Waals surface area contributed by atoms with E-state index in [4.69, 9.17) is 5.73 Å². The standard InChI is InChI=1S/C15H23NS/c1-2-17-14-10-8-13(9-11-14)15(16)12-6-4-3-5-7-12/h8-12,15H,2-7,16H2,1H3. The predicted molar refractivity (Wildman–Crippen MR) is 76.3 cm³/mol. The zero-order chi connectivity index (χ0) is 12.1. The van der Waals surface area contributed by atoms with Gasteiger partial charge in [0.05, 0.1) is 0 Å². The molecule has 1 fully saturated rings. The van der Waals surface area contributed by atoms with Gasteiger partial charge in [0.15, 0.2) is 0 Å². The molecule has 0 aliphatic heterocycles. The Morgan fingerprint density at radius 3 is 2.41 bits per heavy atom. The van der Waals surface area contributed by atoms with Gasteiger partial charge in [0, 0.05) is 10.9 Å². The van der Waals surface area contributed by atoms with Crippen LogP contribution in [0.2, 0.25) is 0 Å². The summed E-state index contributed by atoms with van der Waals surface area (Å²) in [4.78, 5) is 1.35. The fourth-order valence-corrected chi connectivity index (χ4v) is 3.38. The van der Waals surface area contributed by atoms with E-state index in [1.807, 2.05) is 11.8 Å². The molecule has 1 aliphatic carbocycles. The summed E-state index contributed by atoms with van der Waals surface area (Å²) in [5, 5.41) is 0. The monoisotopic (exact) mass is 249 g/mol. The summed E-state index contributed by atoms with van der Waals surface area (Å²) in [6.45, 7) is 2.19. The third-order valence-electron chi connectivity index (χ3n) is 3.73. The van der Waals surface area contributed by atoms with Crippen LogP contribution in [0.15, 0.2) is 29.2 Å². The summed E-state index contributed by atoms with van der Waals surface area (Å²) in [5.41, 5.74) is 7.70. The molecule has 1 saturated carbocycles. The van der Waals surface area contributed by atoms with E-state index >= 15 is 0 Å². The maximum Gasteiger partial charge on any atom is 0.0323 e. The Kier molecular flexibility index (Phi) is 4.93. The molecule has 2 heteroatoms. The lowest BCUT2D eigenvalue weighted by atomic mass is 9.81. The van der Waals surface area contributed by atoms with Gasteiger partial charge in [-0.1, -0.05) is 38.3 Å². The average molecular weight is 249 g/mol. The van der Waals surface area contributed by atoms with E-state index in [1.165, 1.54) is 42.6 Å². The second-order valence-electron chi connectivity index (χ2n) is 4.93. The summed E-state index contributed by atoms with van der Waals surface area (Å²) in [7, 11) is 0. The summed E-state index contributed by atoms with van der Waals surface area (Å²) in [5.74, 6) is 1.84. The van der Waals surface area contributed by atoms with E-state index in [0.29, 0.717) is 5.92 Å².